The minimum Gasteiger partial charge on any atom is -0.494 e. The summed E-state index contributed by atoms with van der Waals surface area (Å²) < 4.78 is 5.72. The van der Waals surface area contributed by atoms with Gasteiger partial charge in [0.2, 0.25) is 5.91 Å². The van der Waals surface area contributed by atoms with Gasteiger partial charge in [-0.15, -0.1) is 0 Å². The summed E-state index contributed by atoms with van der Waals surface area (Å²) in [6.45, 7) is 9.12. The number of hydrogen-bond donors (Lipinski definition) is 2. The molecule has 0 bridgehead atoms. The lowest BCUT2D eigenvalue weighted by molar-refractivity contribution is -0.122. The van der Waals surface area contributed by atoms with E-state index in [1.54, 1.807) is 0 Å². The average Bonchev–Trinajstić information content (AvgIpc) is 2.52. The number of rotatable bonds is 6. The van der Waals surface area contributed by atoms with Gasteiger partial charge in [0.15, 0.2) is 0 Å². The molecule has 23 heavy (non-hydrogen) atoms. The van der Waals surface area contributed by atoms with E-state index in [2.05, 4.69) is 43.5 Å². The maximum atomic E-state index is 11.9. The van der Waals surface area contributed by atoms with Crippen LogP contribution in [0.3, 0.4) is 0 Å². The van der Waals surface area contributed by atoms with Crippen molar-refractivity contribution in [3.63, 3.8) is 0 Å². The fraction of sp³-hybridized carbons (Fsp3) is 0.632. The summed E-state index contributed by atoms with van der Waals surface area (Å²) in [5, 5.41) is 6.39. The van der Waals surface area contributed by atoms with Gasteiger partial charge in [0.25, 0.3) is 0 Å². The van der Waals surface area contributed by atoms with Gasteiger partial charge in [0.05, 0.1) is 6.61 Å². The fourth-order valence-electron chi connectivity index (χ4n) is 2.75. The maximum Gasteiger partial charge on any atom is 0.220 e. The van der Waals surface area contributed by atoms with E-state index in [4.69, 9.17) is 4.74 Å². The molecule has 4 nitrogen and oxygen atoms in total. The van der Waals surface area contributed by atoms with Crippen molar-refractivity contribution < 1.29 is 9.53 Å². The summed E-state index contributed by atoms with van der Waals surface area (Å²) in [6, 6.07) is 8.53. The Morgan fingerprint density at radius 2 is 2.04 bits per heavy atom. The summed E-state index contributed by atoms with van der Waals surface area (Å²) in [7, 11) is 0. The molecule has 0 aliphatic carbocycles. The normalized spacial score (nSPS) is 18.5. The monoisotopic (exact) mass is 318 g/mol. The lowest BCUT2D eigenvalue weighted by Gasteiger charge is -2.23. The van der Waals surface area contributed by atoms with Crippen LogP contribution in [0.15, 0.2) is 24.3 Å². The Bertz CT molecular complexity index is 485. The van der Waals surface area contributed by atoms with Crippen LogP contribution in [0.25, 0.3) is 0 Å². The molecule has 1 heterocycles. The highest BCUT2D eigenvalue weighted by atomic mass is 16.5. The third-order valence-corrected chi connectivity index (χ3v) is 4.20. The fourth-order valence-corrected chi connectivity index (χ4v) is 2.75. The Balaban J connectivity index is 1.64. The zero-order valence-electron chi connectivity index (χ0n) is 14.7. The summed E-state index contributed by atoms with van der Waals surface area (Å²) >= 11 is 0. The topological polar surface area (TPSA) is 50.4 Å². The van der Waals surface area contributed by atoms with Gasteiger partial charge >= 0.3 is 0 Å². The molecule has 1 saturated heterocycles. The Hall–Kier alpha value is -1.55. The third kappa shape index (κ3) is 6.22. The van der Waals surface area contributed by atoms with Gasteiger partial charge in [0.1, 0.15) is 5.75 Å². The number of carbonyl (C=O) groups is 1. The van der Waals surface area contributed by atoms with Gasteiger partial charge in [-0.2, -0.15) is 0 Å². The van der Waals surface area contributed by atoms with E-state index in [0.717, 1.165) is 38.1 Å². The highest BCUT2D eigenvalue weighted by Gasteiger charge is 2.15. The first-order valence-corrected chi connectivity index (χ1v) is 8.68. The largest absolute Gasteiger partial charge is 0.494 e. The van der Waals surface area contributed by atoms with Crippen LogP contribution in [0, 0.1) is 0 Å². The number of ether oxygens (including phenoxy) is 1. The molecular formula is C19H30N2O2. The molecule has 1 atom stereocenters. The molecule has 4 heteroatoms. The van der Waals surface area contributed by atoms with Crippen molar-refractivity contribution in [1.29, 1.82) is 0 Å². The number of piperidine rings is 1. The lowest BCUT2D eigenvalue weighted by Crippen LogP contribution is -2.45. The second-order valence-corrected chi connectivity index (χ2v) is 7.34. The molecule has 2 rings (SSSR count). The van der Waals surface area contributed by atoms with Gasteiger partial charge in [-0.3, -0.25) is 4.79 Å². The summed E-state index contributed by atoms with van der Waals surface area (Å²) in [5.74, 6) is 1.00. The van der Waals surface area contributed by atoms with Crippen LogP contribution in [-0.2, 0) is 10.2 Å². The predicted molar refractivity (Wildman–Crippen MR) is 93.9 cm³/mol. The van der Waals surface area contributed by atoms with E-state index in [9.17, 15) is 4.79 Å². The molecule has 1 aliphatic rings. The van der Waals surface area contributed by atoms with Gasteiger partial charge in [0, 0.05) is 19.0 Å². The van der Waals surface area contributed by atoms with Crippen molar-refractivity contribution in [1.82, 2.24) is 10.6 Å². The van der Waals surface area contributed by atoms with Gasteiger partial charge < -0.3 is 15.4 Å². The zero-order chi connectivity index (χ0) is 16.7. The van der Waals surface area contributed by atoms with E-state index < -0.39 is 0 Å². The van der Waals surface area contributed by atoms with Gasteiger partial charge in [-0.05, 0) is 48.9 Å². The highest BCUT2D eigenvalue weighted by molar-refractivity contribution is 5.76. The van der Waals surface area contributed by atoms with Crippen molar-refractivity contribution in [2.24, 2.45) is 0 Å². The van der Waals surface area contributed by atoms with Crippen LogP contribution in [0.1, 0.15) is 52.0 Å². The van der Waals surface area contributed by atoms with E-state index in [1.807, 2.05) is 12.1 Å². The van der Waals surface area contributed by atoms with Crippen LogP contribution in [-0.4, -0.2) is 31.6 Å². The third-order valence-electron chi connectivity index (χ3n) is 4.20. The summed E-state index contributed by atoms with van der Waals surface area (Å²) in [5.41, 5.74) is 1.45. The molecule has 0 spiro atoms. The molecule has 1 aromatic rings. The first-order chi connectivity index (χ1) is 10.9. The van der Waals surface area contributed by atoms with Gasteiger partial charge in [-0.25, -0.2) is 0 Å². The Morgan fingerprint density at radius 3 is 2.65 bits per heavy atom. The van der Waals surface area contributed by atoms with Crippen molar-refractivity contribution >= 4 is 5.91 Å². The van der Waals surface area contributed by atoms with Crippen molar-refractivity contribution in [3.8, 4) is 5.75 Å². The number of hydrogen-bond acceptors (Lipinski definition) is 3. The minimum absolute atomic E-state index is 0.130. The molecule has 0 radical (unpaired) electrons. The van der Waals surface area contributed by atoms with Crippen LogP contribution in [0.2, 0.25) is 0 Å². The zero-order valence-corrected chi connectivity index (χ0v) is 14.7. The molecule has 128 valence electrons. The second-order valence-electron chi connectivity index (χ2n) is 7.34. The number of nitrogens with one attached hydrogen (secondary N) is 2. The van der Waals surface area contributed by atoms with Crippen molar-refractivity contribution in [2.45, 2.75) is 57.9 Å². The predicted octanol–water partition coefficient (Wildman–Crippen LogP) is 3.01. The molecule has 0 saturated carbocycles. The van der Waals surface area contributed by atoms with Crippen molar-refractivity contribution in [3.05, 3.63) is 29.8 Å². The van der Waals surface area contributed by atoms with Crippen LogP contribution in [0.4, 0.5) is 0 Å². The summed E-state index contributed by atoms with van der Waals surface area (Å²) in [6.07, 6.45) is 3.48. The molecule has 0 aromatic heterocycles. The molecule has 1 aliphatic heterocycles. The maximum absolute atomic E-state index is 11.9. The molecular weight excluding hydrogens is 288 g/mol. The van der Waals surface area contributed by atoms with E-state index in [0.29, 0.717) is 19.1 Å². The SMILES string of the molecule is CC(C)(C)c1ccc(OCCCC(=O)NC2CCCNC2)cc1. The van der Waals surface area contributed by atoms with Crippen LogP contribution >= 0.6 is 0 Å². The second kappa shape index (κ2) is 8.34. The average molecular weight is 318 g/mol. The van der Waals surface area contributed by atoms with E-state index in [-0.39, 0.29) is 11.3 Å². The Kier molecular flexibility index (Phi) is 6.46. The Labute approximate surface area is 140 Å². The minimum atomic E-state index is 0.130. The smallest absolute Gasteiger partial charge is 0.220 e. The molecule has 1 amide bonds. The molecule has 1 unspecified atom stereocenters. The van der Waals surface area contributed by atoms with E-state index in [1.165, 1.54) is 5.56 Å². The quantitative estimate of drug-likeness (QED) is 0.793. The highest BCUT2D eigenvalue weighted by Crippen LogP contribution is 2.24. The standard InChI is InChI=1S/C19H30N2O2/c1-19(2,3)15-8-10-17(11-9-15)23-13-5-7-18(22)21-16-6-4-12-20-14-16/h8-11,16,20H,4-7,12-14H2,1-3H3,(H,21,22). The van der Waals surface area contributed by atoms with Crippen LogP contribution in [0.5, 0.6) is 5.75 Å². The van der Waals surface area contributed by atoms with Crippen molar-refractivity contribution in [2.75, 3.05) is 19.7 Å². The van der Waals surface area contributed by atoms with E-state index >= 15 is 0 Å². The van der Waals surface area contributed by atoms with Gasteiger partial charge in [-0.1, -0.05) is 32.9 Å². The first-order valence-electron chi connectivity index (χ1n) is 8.68. The molecule has 1 fully saturated rings. The Morgan fingerprint density at radius 1 is 1.30 bits per heavy atom. The lowest BCUT2D eigenvalue weighted by atomic mass is 9.87. The number of amides is 1. The summed E-state index contributed by atoms with van der Waals surface area (Å²) in [4.78, 5) is 11.9. The first kappa shape index (κ1) is 17.8. The number of carbonyl (C=O) groups excluding carboxylic acids is 1. The van der Waals surface area contributed by atoms with Crippen LogP contribution < -0.4 is 15.4 Å². The molecule has 2 N–H and O–H groups in total. The number of benzene rings is 1. The molecule has 1 aromatic carbocycles.